The Hall–Kier alpha value is -1.74. The Morgan fingerprint density at radius 3 is 2.71 bits per heavy atom. The van der Waals surface area contributed by atoms with E-state index in [2.05, 4.69) is 4.98 Å². The molecule has 0 saturated carbocycles. The van der Waals surface area contributed by atoms with Gasteiger partial charge in [-0.2, -0.15) is 5.26 Å². The Morgan fingerprint density at radius 1 is 1.65 bits per heavy atom. The molecule has 0 atom stereocenters. The first-order valence-corrected chi connectivity index (χ1v) is 5.01. The summed E-state index contributed by atoms with van der Waals surface area (Å²) in [4.78, 5) is 14.3. The zero-order valence-electron chi connectivity index (χ0n) is 8.45. The third kappa shape index (κ3) is 3.11. The smallest absolute Gasteiger partial charge is 0.307 e. The lowest BCUT2D eigenvalue weighted by molar-refractivity contribution is -0.136. The molecule has 0 radical (unpaired) electrons. The van der Waals surface area contributed by atoms with Crippen molar-refractivity contribution in [1.82, 2.24) is 4.98 Å². The van der Waals surface area contributed by atoms with E-state index >= 15 is 0 Å². The van der Waals surface area contributed by atoms with Gasteiger partial charge in [0.25, 0.3) is 6.43 Å². The molecule has 0 fully saturated rings. The second kappa shape index (κ2) is 5.55. The Morgan fingerprint density at radius 2 is 2.29 bits per heavy atom. The summed E-state index contributed by atoms with van der Waals surface area (Å²) in [6.07, 6.45) is -3.54. The molecule has 7 heteroatoms. The predicted octanol–water partition coefficient (Wildman–Crippen LogP) is 2.26. The summed E-state index contributed by atoms with van der Waals surface area (Å²) in [6, 6.07) is 2.63. The average Bonchev–Trinajstić information content (AvgIpc) is 2.28. The van der Waals surface area contributed by atoms with Gasteiger partial charge in [0.15, 0.2) is 0 Å². The largest absolute Gasteiger partial charge is 0.481 e. The summed E-state index contributed by atoms with van der Waals surface area (Å²) < 4.78 is 25.5. The van der Waals surface area contributed by atoms with Crippen LogP contribution in [0.3, 0.4) is 0 Å². The monoisotopic (exact) mass is 260 g/mol. The fourth-order valence-corrected chi connectivity index (χ4v) is 1.48. The Bertz CT molecular complexity index is 486. The molecule has 0 spiro atoms. The minimum atomic E-state index is -2.87. The molecule has 1 heterocycles. The third-order valence-corrected chi connectivity index (χ3v) is 2.29. The van der Waals surface area contributed by atoms with Crippen molar-refractivity contribution in [3.63, 3.8) is 0 Å². The van der Waals surface area contributed by atoms with Crippen LogP contribution in [0, 0.1) is 11.3 Å². The molecular weight excluding hydrogens is 254 g/mol. The maximum absolute atomic E-state index is 12.7. The summed E-state index contributed by atoms with van der Waals surface area (Å²) in [7, 11) is 0. The minimum Gasteiger partial charge on any atom is -0.481 e. The lowest BCUT2D eigenvalue weighted by Gasteiger charge is -2.10. The molecule has 0 bridgehead atoms. The summed E-state index contributed by atoms with van der Waals surface area (Å²) in [5.41, 5.74) is -0.966. The van der Waals surface area contributed by atoms with Crippen molar-refractivity contribution >= 4 is 17.6 Å². The predicted molar refractivity (Wildman–Crippen MR) is 54.8 cm³/mol. The van der Waals surface area contributed by atoms with Crippen LogP contribution in [0.25, 0.3) is 0 Å². The Kier molecular flexibility index (Phi) is 4.35. The van der Waals surface area contributed by atoms with Crippen LogP contribution < -0.4 is 0 Å². The number of aromatic nitrogens is 1. The second-order valence-corrected chi connectivity index (χ2v) is 3.41. The summed E-state index contributed by atoms with van der Waals surface area (Å²) >= 11 is 5.46. The number of carboxylic acid groups (broad SMARTS) is 1. The minimum absolute atomic E-state index is 0.118. The van der Waals surface area contributed by atoms with E-state index in [4.69, 9.17) is 22.0 Å². The summed E-state index contributed by atoms with van der Waals surface area (Å²) in [5.74, 6) is -1.43. The van der Waals surface area contributed by atoms with Crippen LogP contribution in [0.5, 0.6) is 0 Å². The van der Waals surface area contributed by atoms with Gasteiger partial charge >= 0.3 is 5.97 Å². The number of nitriles is 1. The van der Waals surface area contributed by atoms with Crippen LogP contribution in [-0.4, -0.2) is 16.1 Å². The molecule has 0 saturated heterocycles. The van der Waals surface area contributed by atoms with Crippen molar-refractivity contribution < 1.29 is 18.7 Å². The number of hydrogen-bond donors (Lipinski definition) is 1. The molecule has 1 aromatic heterocycles. The molecule has 0 unspecified atom stereocenters. The highest BCUT2D eigenvalue weighted by Gasteiger charge is 2.20. The number of nitrogens with zero attached hydrogens (tertiary/aromatic N) is 2. The van der Waals surface area contributed by atoms with E-state index < -0.39 is 24.4 Å². The van der Waals surface area contributed by atoms with Gasteiger partial charge in [0.05, 0.1) is 18.0 Å². The van der Waals surface area contributed by atoms with E-state index in [1.165, 1.54) is 0 Å². The van der Waals surface area contributed by atoms with E-state index in [0.29, 0.717) is 0 Å². The van der Waals surface area contributed by atoms with Crippen molar-refractivity contribution in [2.75, 3.05) is 0 Å². The van der Waals surface area contributed by atoms with Gasteiger partial charge in [-0.3, -0.25) is 4.79 Å². The van der Waals surface area contributed by atoms with Gasteiger partial charge in [0.1, 0.15) is 11.8 Å². The van der Waals surface area contributed by atoms with Crippen molar-refractivity contribution in [2.45, 2.75) is 18.7 Å². The molecule has 4 nitrogen and oxygen atoms in total. The van der Waals surface area contributed by atoms with Crippen molar-refractivity contribution in [1.29, 1.82) is 5.26 Å². The Balaban J connectivity index is 3.42. The normalized spacial score (nSPS) is 10.3. The quantitative estimate of drug-likeness (QED) is 0.843. The molecule has 1 N–H and O–H groups in total. The zero-order chi connectivity index (χ0) is 13.0. The van der Waals surface area contributed by atoms with Crippen molar-refractivity contribution in [3.8, 4) is 6.07 Å². The van der Waals surface area contributed by atoms with E-state index in [1.807, 2.05) is 0 Å². The molecular formula is C10H7ClF2N2O2. The SMILES string of the molecule is N#Cc1nc(CCl)cc(C(F)F)c1CC(=O)O. The molecule has 1 aromatic rings. The van der Waals surface area contributed by atoms with Gasteiger partial charge in [-0.25, -0.2) is 13.8 Å². The number of carbonyl (C=O) groups is 1. The van der Waals surface area contributed by atoms with Crippen LogP contribution in [0.1, 0.15) is 28.9 Å². The zero-order valence-corrected chi connectivity index (χ0v) is 9.21. The van der Waals surface area contributed by atoms with Gasteiger partial charge in [0.2, 0.25) is 0 Å². The molecule has 90 valence electrons. The summed E-state index contributed by atoms with van der Waals surface area (Å²) in [5, 5.41) is 17.4. The van der Waals surface area contributed by atoms with Crippen LogP contribution in [-0.2, 0) is 17.1 Å². The van der Waals surface area contributed by atoms with Crippen LogP contribution >= 0.6 is 11.6 Å². The molecule has 0 aliphatic heterocycles. The number of alkyl halides is 3. The van der Waals surface area contributed by atoms with Crippen molar-refractivity contribution in [3.05, 3.63) is 28.6 Å². The first-order valence-electron chi connectivity index (χ1n) is 4.48. The maximum Gasteiger partial charge on any atom is 0.307 e. The van der Waals surface area contributed by atoms with E-state index in [-0.39, 0.29) is 22.8 Å². The van der Waals surface area contributed by atoms with E-state index in [1.54, 1.807) is 6.07 Å². The number of hydrogen-bond acceptors (Lipinski definition) is 3. The standard InChI is InChI=1S/C10H7ClF2N2O2/c11-3-5-1-7(10(12)13)6(2-9(16)17)8(4-14)15-5/h1,10H,2-3H2,(H,16,17). The highest BCUT2D eigenvalue weighted by Crippen LogP contribution is 2.26. The van der Waals surface area contributed by atoms with Crippen LogP contribution in [0.2, 0.25) is 0 Å². The van der Waals surface area contributed by atoms with Gasteiger partial charge in [0, 0.05) is 11.1 Å². The average molecular weight is 261 g/mol. The number of rotatable bonds is 4. The second-order valence-electron chi connectivity index (χ2n) is 3.15. The lowest BCUT2D eigenvalue weighted by Crippen LogP contribution is -2.09. The van der Waals surface area contributed by atoms with Gasteiger partial charge in [-0.15, -0.1) is 11.6 Å². The highest BCUT2D eigenvalue weighted by molar-refractivity contribution is 6.16. The molecule has 0 amide bonds. The molecule has 0 aliphatic rings. The topological polar surface area (TPSA) is 74.0 Å². The van der Waals surface area contributed by atoms with Crippen molar-refractivity contribution in [2.24, 2.45) is 0 Å². The van der Waals surface area contributed by atoms with Gasteiger partial charge < -0.3 is 5.11 Å². The molecule has 1 rings (SSSR count). The van der Waals surface area contributed by atoms with E-state index in [9.17, 15) is 13.6 Å². The summed E-state index contributed by atoms with van der Waals surface area (Å²) in [6.45, 7) is 0. The first kappa shape index (κ1) is 13.3. The Labute approximate surface area is 100 Å². The number of aliphatic carboxylic acids is 1. The van der Waals surface area contributed by atoms with E-state index in [0.717, 1.165) is 6.07 Å². The number of carboxylic acids is 1. The first-order chi connectivity index (χ1) is 7.99. The molecule has 0 aromatic carbocycles. The number of pyridine rings is 1. The fourth-order valence-electron chi connectivity index (χ4n) is 1.34. The van der Waals surface area contributed by atoms with Gasteiger partial charge in [-0.05, 0) is 6.07 Å². The number of halogens is 3. The molecule has 17 heavy (non-hydrogen) atoms. The van der Waals surface area contributed by atoms with Gasteiger partial charge in [-0.1, -0.05) is 0 Å². The maximum atomic E-state index is 12.7. The fraction of sp³-hybridized carbons (Fsp3) is 0.300. The third-order valence-electron chi connectivity index (χ3n) is 2.02. The molecule has 0 aliphatic carbocycles. The van der Waals surface area contributed by atoms with Crippen LogP contribution in [0.4, 0.5) is 8.78 Å². The van der Waals surface area contributed by atoms with Crippen LogP contribution in [0.15, 0.2) is 6.07 Å². The lowest BCUT2D eigenvalue weighted by atomic mass is 10.0. The highest BCUT2D eigenvalue weighted by atomic mass is 35.5.